The predicted molar refractivity (Wildman–Crippen MR) is 120 cm³/mol. The summed E-state index contributed by atoms with van der Waals surface area (Å²) in [5, 5.41) is 3.97. The number of nitrogens with one attached hydrogen (secondary N) is 1. The van der Waals surface area contributed by atoms with Crippen molar-refractivity contribution >= 4 is 29.1 Å². The van der Waals surface area contributed by atoms with Gasteiger partial charge < -0.3 is 10.2 Å². The number of anilines is 2. The first-order valence-corrected chi connectivity index (χ1v) is 10.7. The topological polar surface area (TPSA) is 58.1 Å². The minimum atomic E-state index is 0.215. The van der Waals surface area contributed by atoms with Crippen molar-refractivity contribution in [1.82, 2.24) is 14.9 Å². The fourth-order valence-electron chi connectivity index (χ4n) is 3.84. The molecule has 0 unspecified atom stereocenters. The van der Waals surface area contributed by atoms with Gasteiger partial charge in [0.2, 0.25) is 5.91 Å². The van der Waals surface area contributed by atoms with Gasteiger partial charge in [0.15, 0.2) is 0 Å². The third-order valence-electron chi connectivity index (χ3n) is 5.47. The van der Waals surface area contributed by atoms with Gasteiger partial charge in [-0.05, 0) is 61.2 Å². The van der Waals surface area contributed by atoms with E-state index in [0.29, 0.717) is 17.4 Å². The summed E-state index contributed by atoms with van der Waals surface area (Å²) in [6.07, 6.45) is 4.87. The highest BCUT2D eigenvalue weighted by Crippen LogP contribution is 2.28. The largest absolute Gasteiger partial charge is 0.343 e. The molecular weight excluding hydrogens is 396 g/mol. The molecule has 0 bridgehead atoms. The van der Waals surface area contributed by atoms with Crippen molar-refractivity contribution in [3.05, 3.63) is 83.1 Å². The molecule has 30 heavy (non-hydrogen) atoms. The van der Waals surface area contributed by atoms with Crippen LogP contribution in [0.3, 0.4) is 0 Å². The molecule has 2 aromatic heterocycles. The zero-order valence-corrected chi connectivity index (χ0v) is 17.6. The molecule has 154 valence electrons. The van der Waals surface area contributed by atoms with Gasteiger partial charge in [-0.15, -0.1) is 0 Å². The first-order valence-electron chi connectivity index (χ1n) is 10.3. The Morgan fingerprint density at radius 2 is 1.83 bits per heavy atom. The van der Waals surface area contributed by atoms with E-state index in [9.17, 15) is 4.79 Å². The average molecular weight is 421 g/mol. The highest BCUT2D eigenvalue weighted by atomic mass is 35.5. The molecule has 0 spiro atoms. The fraction of sp³-hybridized carbons (Fsp3) is 0.292. The van der Waals surface area contributed by atoms with Crippen molar-refractivity contribution in [2.75, 3.05) is 18.4 Å². The van der Waals surface area contributed by atoms with Crippen LogP contribution in [0, 0.1) is 0 Å². The number of hydrogen-bond donors (Lipinski definition) is 1. The van der Waals surface area contributed by atoms with Gasteiger partial charge in [0, 0.05) is 42.3 Å². The van der Waals surface area contributed by atoms with Crippen molar-refractivity contribution in [2.24, 2.45) is 0 Å². The van der Waals surface area contributed by atoms with Gasteiger partial charge >= 0.3 is 0 Å². The van der Waals surface area contributed by atoms with Crippen LogP contribution in [0.4, 0.5) is 11.6 Å². The van der Waals surface area contributed by atoms with Gasteiger partial charge in [-0.1, -0.05) is 35.9 Å². The maximum absolute atomic E-state index is 12.6. The first-order chi connectivity index (χ1) is 14.7. The first kappa shape index (κ1) is 20.4. The minimum absolute atomic E-state index is 0.215. The highest BCUT2D eigenvalue weighted by Gasteiger charge is 2.24. The third kappa shape index (κ3) is 5.36. The Morgan fingerprint density at radius 3 is 2.60 bits per heavy atom. The van der Waals surface area contributed by atoms with E-state index in [1.165, 1.54) is 0 Å². The second kappa shape index (κ2) is 9.72. The lowest BCUT2D eigenvalue weighted by atomic mass is 9.92. The number of piperidine rings is 1. The Hall–Kier alpha value is -2.92. The van der Waals surface area contributed by atoms with Gasteiger partial charge in [-0.2, -0.15) is 0 Å². The fourth-order valence-corrected chi connectivity index (χ4v) is 4.06. The number of aromatic nitrogens is 2. The van der Waals surface area contributed by atoms with E-state index < -0.39 is 0 Å². The van der Waals surface area contributed by atoms with Crippen molar-refractivity contribution < 1.29 is 4.79 Å². The number of carbonyl (C=O) groups excluding carboxylic acids is 1. The van der Waals surface area contributed by atoms with Crippen LogP contribution in [0.2, 0.25) is 5.02 Å². The maximum Gasteiger partial charge on any atom is 0.222 e. The number of rotatable bonds is 6. The number of benzene rings is 1. The second-order valence-electron chi connectivity index (χ2n) is 7.57. The van der Waals surface area contributed by atoms with Crippen molar-refractivity contribution in [3.8, 4) is 0 Å². The summed E-state index contributed by atoms with van der Waals surface area (Å²) >= 11 is 6.03. The summed E-state index contributed by atoms with van der Waals surface area (Å²) in [6, 6.07) is 19.5. The Morgan fingerprint density at radius 1 is 1.03 bits per heavy atom. The number of hydrogen-bond acceptors (Lipinski definition) is 4. The van der Waals surface area contributed by atoms with Crippen molar-refractivity contribution in [2.45, 2.75) is 31.6 Å². The third-order valence-corrected chi connectivity index (χ3v) is 5.71. The van der Waals surface area contributed by atoms with E-state index in [1.54, 1.807) is 6.20 Å². The number of halogens is 1. The molecule has 4 rings (SSSR count). The summed E-state index contributed by atoms with van der Waals surface area (Å²) < 4.78 is 0. The predicted octanol–water partition coefficient (Wildman–Crippen LogP) is 5.21. The van der Waals surface area contributed by atoms with E-state index in [1.807, 2.05) is 59.5 Å². The van der Waals surface area contributed by atoms with Crippen LogP contribution in [-0.4, -0.2) is 33.9 Å². The van der Waals surface area contributed by atoms with Gasteiger partial charge in [0.25, 0.3) is 0 Å². The SMILES string of the molecule is O=C(CCc1cccc(Cl)c1)N1CCC(c2cccc(Nc3ccccn3)n2)CC1. The molecule has 1 aliphatic heterocycles. The van der Waals surface area contributed by atoms with E-state index in [0.717, 1.165) is 55.2 Å². The molecule has 1 aromatic carbocycles. The van der Waals surface area contributed by atoms with E-state index in [4.69, 9.17) is 16.6 Å². The van der Waals surface area contributed by atoms with E-state index >= 15 is 0 Å². The maximum atomic E-state index is 12.6. The number of carbonyl (C=O) groups is 1. The number of amides is 1. The summed E-state index contributed by atoms with van der Waals surface area (Å²) in [5.41, 5.74) is 2.18. The monoisotopic (exact) mass is 420 g/mol. The number of pyridine rings is 2. The normalized spacial score (nSPS) is 14.5. The lowest BCUT2D eigenvalue weighted by Gasteiger charge is -2.32. The quantitative estimate of drug-likeness (QED) is 0.594. The van der Waals surface area contributed by atoms with Gasteiger partial charge in [0.05, 0.1) is 0 Å². The van der Waals surface area contributed by atoms with Crippen LogP contribution in [0.25, 0.3) is 0 Å². The summed E-state index contributed by atoms with van der Waals surface area (Å²) in [4.78, 5) is 23.7. The average Bonchev–Trinajstić information content (AvgIpc) is 2.78. The van der Waals surface area contributed by atoms with Crippen molar-refractivity contribution in [1.29, 1.82) is 0 Å². The molecule has 3 aromatic rings. The molecule has 1 fully saturated rings. The number of nitrogens with zero attached hydrogens (tertiary/aromatic N) is 3. The molecule has 6 heteroatoms. The van der Waals surface area contributed by atoms with Crippen molar-refractivity contribution in [3.63, 3.8) is 0 Å². The molecule has 0 aliphatic carbocycles. The number of aryl methyl sites for hydroxylation is 1. The zero-order chi connectivity index (χ0) is 20.8. The zero-order valence-electron chi connectivity index (χ0n) is 16.8. The molecule has 0 radical (unpaired) electrons. The molecule has 1 aliphatic rings. The van der Waals surface area contributed by atoms with Crippen LogP contribution in [0.5, 0.6) is 0 Å². The highest BCUT2D eigenvalue weighted by molar-refractivity contribution is 6.30. The minimum Gasteiger partial charge on any atom is -0.343 e. The van der Waals surface area contributed by atoms with Gasteiger partial charge in [0.1, 0.15) is 11.6 Å². The lowest BCUT2D eigenvalue weighted by molar-refractivity contribution is -0.132. The molecule has 0 atom stereocenters. The Balaban J connectivity index is 1.30. The molecular formula is C24H25ClN4O. The van der Waals surface area contributed by atoms with E-state index in [2.05, 4.69) is 16.4 Å². The number of likely N-dealkylation sites (tertiary alicyclic amines) is 1. The van der Waals surface area contributed by atoms with Crippen LogP contribution in [0.15, 0.2) is 66.9 Å². The Bertz CT molecular complexity index is 987. The molecule has 1 amide bonds. The van der Waals surface area contributed by atoms with Gasteiger partial charge in [-0.3, -0.25) is 4.79 Å². The molecule has 0 saturated carbocycles. The second-order valence-corrected chi connectivity index (χ2v) is 8.01. The Kier molecular flexibility index (Phi) is 6.60. The molecule has 1 saturated heterocycles. The standard InChI is InChI=1S/C24H25ClN4O/c25-20-6-3-5-18(17-20)10-11-24(30)29-15-12-19(13-16-29)21-7-4-9-23(27-21)28-22-8-1-2-14-26-22/h1-9,14,17,19H,10-13,15-16H2,(H,26,27,28). The van der Waals surface area contributed by atoms with Crippen LogP contribution >= 0.6 is 11.6 Å². The molecule has 3 heterocycles. The van der Waals surface area contributed by atoms with Crippen LogP contribution in [0.1, 0.15) is 36.4 Å². The summed E-state index contributed by atoms with van der Waals surface area (Å²) in [5.74, 6) is 2.16. The summed E-state index contributed by atoms with van der Waals surface area (Å²) in [7, 11) is 0. The van der Waals surface area contributed by atoms with Crippen LogP contribution < -0.4 is 5.32 Å². The van der Waals surface area contributed by atoms with Gasteiger partial charge in [-0.25, -0.2) is 9.97 Å². The van der Waals surface area contributed by atoms with E-state index in [-0.39, 0.29) is 5.91 Å². The molecule has 5 nitrogen and oxygen atoms in total. The van der Waals surface area contributed by atoms with Crippen LogP contribution in [-0.2, 0) is 11.2 Å². The summed E-state index contributed by atoms with van der Waals surface area (Å²) in [6.45, 7) is 1.55. The Labute approximate surface area is 182 Å². The lowest BCUT2D eigenvalue weighted by Crippen LogP contribution is -2.38. The smallest absolute Gasteiger partial charge is 0.222 e. The molecule has 1 N–H and O–H groups in total.